The molecule has 2 amide bonds. The average Bonchev–Trinajstić information content (AvgIpc) is 2.67. The molecule has 8 heteroatoms. The molecule has 1 saturated heterocycles. The second kappa shape index (κ2) is 6.62. The first kappa shape index (κ1) is 16.3. The second-order valence-electron chi connectivity index (χ2n) is 6.47. The first-order chi connectivity index (χ1) is 12.6. The van der Waals surface area contributed by atoms with Gasteiger partial charge < -0.3 is 19.9 Å². The fraction of sp³-hybridized carbons (Fsp3) is 0.333. The Balaban J connectivity index is 1.53. The van der Waals surface area contributed by atoms with E-state index in [1.165, 1.54) is 12.4 Å². The lowest BCUT2D eigenvalue weighted by atomic mass is 9.94. The molecule has 2 aliphatic rings. The minimum atomic E-state index is -0.208. The molecule has 1 aromatic carbocycles. The van der Waals surface area contributed by atoms with Gasteiger partial charge in [-0.05, 0) is 31.0 Å². The van der Waals surface area contributed by atoms with E-state index in [-0.39, 0.29) is 29.9 Å². The number of likely N-dealkylation sites (tertiary alicyclic amines) is 1. The minimum absolute atomic E-state index is 0.0446. The monoisotopic (exact) mass is 354 g/mol. The van der Waals surface area contributed by atoms with Crippen LogP contribution in [0, 0.1) is 0 Å². The predicted octanol–water partition coefficient (Wildman–Crippen LogP) is 1.12. The molecule has 0 unspecified atom stereocenters. The number of amides is 2. The highest BCUT2D eigenvalue weighted by Crippen LogP contribution is 2.30. The maximum atomic E-state index is 12.9. The first-order valence-corrected chi connectivity index (χ1v) is 8.51. The maximum Gasteiger partial charge on any atom is 0.262 e. The van der Waals surface area contributed by atoms with Crippen molar-refractivity contribution in [3.8, 4) is 5.75 Å². The molecule has 3 heterocycles. The Kier molecular flexibility index (Phi) is 4.16. The fourth-order valence-electron chi connectivity index (χ4n) is 3.40. The number of ether oxygens (including phenoxy) is 1. The van der Waals surface area contributed by atoms with Crippen LogP contribution in [0.15, 0.2) is 35.4 Å². The van der Waals surface area contributed by atoms with Crippen LogP contribution in [0.5, 0.6) is 5.75 Å². The number of H-pyrrole nitrogens is 1. The maximum absolute atomic E-state index is 12.9. The van der Waals surface area contributed by atoms with E-state index in [1.807, 2.05) is 0 Å². The Morgan fingerprint density at radius 3 is 3.00 bits per heavy atom. The highest BCUT2D eigenvalue weighted by atomic mass is 16.5. The zero-order valence-electron chi connectivity index (χ0n) is 14.0. The Morgan fingerprint density at radius 2 is 2.15 bits per heavy atom. The largest absolute Gasteiger partial charge is 0.482 e. The highest BCUT2D eigenvalue weighted by molar-refractivity contribution is 5.99. The number of aromatic nitrogens is 2. The van der Waals surface area contributed by atoms with Crippen LogP contribution in [0.1, 0.15) is 34.8 Å². The van der Waals surface area contributed by atoms with Crippen molar-refractivity contribution in [1.29, 1.82) is 0 Å². The van der Waals surface area contributed by atoms with Crippen molar-refractivity contribution in [2.24, 2.45) is 0 Å². The summed E-state index contributed by atoms with van der Waals surface area (Å²) in [6, 6.07) is 6.52. The van der Waals surface area contributed by atoms with Crippen molar-refractivity contribution in [3.05, 3.63) is 52.2 Å². The summed E-state index contributed by atoms with van der Waals surface area (Å²) >= 11 is 0. The van der Waals surface area contributed by atoms with Crippen LogP contribution >= 0.6 is 0 Å². The van der Waals surface area contributed by atoms with Crippen molar-refractivity contribution >= 4 is 17.5 Å². The molecule has 2 aliphatic heterocycles. The van der Waals surface area contributed by atoms with Crippen LogP contribution in [-0.4, -0.2) is 46.4 Å². The van der Waals surface area contributed by atoms with E-state index >= 15 is 0 Å². The molecule has 0 saturated carbocycles. The Bertz CT molecular complexity index is 923. The minimum Gasteiger partial charge on any atom is -0.482 e. The van der Waals surface area contributed by atoms with Gasteiger partial charge in [0.2, 0.25) is 0 Å². The molecule has 2 aromatic rings. The molecule has 0 radical (unpaired) electrons. The molecule has 4 rings (SSSR count). The molecule has 1 atom stereocenters. The second-order valence-corrected chi connectivity index (χ2v) is 6.47. The van der Waals surface area contributed by atoms with Crippen molar-refractivity contribution < 1.29 is 14.3 Å². The van der Waals surface area contributed by atoms with Gasteiger partial charge >= 0.3 is 0 Å². The summed E-state index contributed by atoms with van der Waals surface area (Å²) in [4.78, 5) is 44.3. The normalized spacial score (nSPS) is 19.3. The molecule has 2 N–H and O–H groups in total. The van der Waals surface area contributed by atoms with E-state index in [1.54, 1.807) is 23.1 Å². The number of benzene rings is 1. The molecule has 1 fully saturated rings. The Labute approximate surface area is 149 Å². The average molecular weight is 354 g/mol. The van der Waals surface area contributed by atoms with Crippen LogP contribution in [0.3, 0.4) is 0 Å². The number of carbonyl (C=O) groups excluding carboxylic acids is 2. The van der Waals surface area contributed by atoms with Gasteiger partial charge in [-0.3, -0.25) is 14.4 Å². The third-order valence-electron chi connectivity index (χ3n) is 4.69. The smallest absolute Gasteiger partial charge is 0.262 e. The summed E-state index contributed by atoms with van der Waals surface area (Å²) in [6.07, 6.45) is 3.13. The van der Waals surface area contributed by atoms with Gasteiger partial charge in [0.1, 0.15) is 5.75 Å². The zero-order chi connectivity index (χ0) is 18.1. The highest BCUT2D eigenvalue weighted by Gasteiger charge is 2.27. The van der Waals surface area contributed by atoms with Crippen molar-refractivity contribution in [3.63, 3.8) is 0 Å². The molecule has 8 nitrogen and oxygen atoms in total. The van der Waals surface area contributed by atoms with Gasteiger partial charge in [-0.1, -0.05) is 0 Å². The molecular formula is C18H18N4O4. The van der Waals surface area contributed by atoms with Gasteiger partial charge in [0.15, 0.2) is 6.61 Å². The van der Waals surface area contributed by atoms with Crippen molar-refractivity contribution in [2.45, 2.75) is 18.8 Å². The Hall–Kier alpha value is -3.16. The lowest BCUT2D eigenvalue weighted by molar-refractivity contribution is -0.118. The van der Waals surface area contributed by atoms with Gasteiger partial charge in [-0.25, -0.2) is 4.98 Å². The number of hydrogen-bond donors (Lipinski definition) is 2. The van der Waals surface area contributed by atoms with E-state index in [4.69, 9.17) is 4.74 Å². The lowest BCUT2D eigenvalue weighted by Gasteiger charge is -2.32. The van der Waals surface area contributed by atoms with Gasteiger partial charge in [-0.2, -0.15) is 0 Å². The topological polar surface area (TPSA) is 104 Å². The molecule has 26 heavy (non-hydrogen) atoms. The van der Waals surface area contributed by atoms with E-state index in [0.29, 0.717) is 35.8 Å². The number of aromatic amines is 1. The first-order valence-electron chi connectivity index (χ1n) is 8.51. The lowest BCUT2D eigenvalue weighted by Crippen LogP contribution is -2.39. The number of fused-ring (bicyclic) bond motifs is 1. The van der Waals surface area contributed by atoms with Gasteiger partial charge in [0, 0.05) is 30.6 Å². The number of carbonyl (C=O) groups is 2. The van der Waals surface area contributed by atoms with E-state index in [9.17, 15) is 14.4 Å². The van der Waals surface area contributed by atoms with E-state index in [0.717, 1.165) is 12.8 Å². The molecule has 1 aromatic heterocycles. The summed E-state index contributed by atoms with van der Waals surface area (Å²) < 4.78 is 5.39. The third-order valence-corrected chi connectivity index (χ3v) is 4.69. The molecule has 0 spiro atoms. The van der Waals surface area contributed by atoms with Crippen LogP contribution in [0.25, 0.3) is 0 Å². The summed E-state index contributed by atoms with van der Waals surface area (Å²) in [7, 11) is 0. The fourth-order valence-corrected chi connectivity index (χ4v) is 3.40. The zero-order valence-corrected chi connectivity index (χ0v) is 14.0. The van der Waals surface area contributed by atoms with Crippen LogP contribution in [0.2, 0.25) is 0 Å². The number of rotatable bonds is 2. The number of nitrogens with one attached hydrogen (secondary N) is 2. The summed E-state index contributed by atoms with van der Waals surface area (Å²) in [5, 5.41) is 2.71. The number of nitrogens with zero attached hydrogens (tertiary/aromatic N) is 2. The summed E-state index contributed by atoms with van der Waals surface area (Å²) in [5.74, 6) is 0.243. The third kappa shape index (κ3) is 3.17. The predicted molar refractivity (Wildman–Crippen MR) is 93.3 cm³/mol. The number of hydrogen-bond acceptors (Lipinski definition) is 5. The molecule has 134 valence electrons. The number of anilines is 1. The van der Waals surface area contributed by atoms with Gasteiger partial charge in [-0.15, -0.1) is 0 Å². The van der Waals surface area contributed by atoms with Crippen LogP contribution in [0.4, 0.5) is 5.69 Å². The van der Waals surface area contributed by atoms with Crippen molar-refractivity contribution in [2.75, 3.05) is 25.0 Å². The van der Waals surface area contributed by atoms with Gasteiger partial charge in [0.05, 0.1) is 17.7 Å². The SMILES string of the molecule is O=C1COc2cc(C(=O)N3CCC[C@H](c4cc(=O)[nH]cn4)C3)ccc2N1. The molecule has 0 aliphatic carbocycles. The number of piperidine rings is 1. The van der Waals surface area contributed by atoms with E-state index in [2.05, 4.69) is 15.3 Å². The Morgan fingerprint density at radius 1 is 1.27 bits per heavy atom. The molecular weight excluding hydrogens is 336 g/mol. The van der Waals surface area contributed by atoms with Gasteiger partial charge in [0.25, 0.3) is 17.4 Å². The molecule has 0 bridgehead atoms. The standard InChI is InChI=1S/C18H18N4O4/c23-16-7-14(19-10-20-16)12-2-1-5-22(8-12)18(25)11-3-4-13-15(6-11)26-9-17(24)21-13/h3-4,6-7,10,12H,1-2,5,8-9H2,(H,21,24)(H,19,20,23)/t12-/m0/s1. The van der Waals surface area contributed by atoms with E-state index < -0.39 is 0 Å². The van der Waals surface area contributed by atoms with Crippen molar-refractivity contribution in [1.82, 2.24) is 14.9 Å². The summed E-state index contributed by atoms with van der Waals surface area (Å²) in [6.45, 7) is 1.13. The van der Waals surface area contributed by atoms with Crippen LogP contribution < -0.4 is 15.6 Å². The summed E-state index contributed by atoms with van der Waals surface area (Å²) in [5.41, 5.74) is 1.61. The quantitative estimate of drug-likeness (QED) is 0.841. The van der Waals surface area contributed by atoms with Crippen LogP contribution in [-0.2, 0) is 4.79 Å².